The summed E-state index contributed by atoms with van der Waals surface area (Å²) in [5.41, 5.74) is 2.05. The molecule has 0 aliphatic heterocycles. The summed E-state index contributed by atoms with van der Waals surface area (Å²) < 4.78 is 4.93. The van der Waals surface area contributed by atoms with Gasteiger partial charge >= 0.3 is 11.8 Å². The first kappa shape index (κ1) is 11.7. The molecule has 16 heavy (non-hydrogen) atoms. The van der Waals surface area contributed by atoms with Gasteiger partial charge < -0.3 is 9.73 Å². The zero-order valence-corrected chi connectivity index (χ0v) is 8.47. The van der Waals surface area contributed by atoms with Crippen molar-refractivity contribution >= 4 is 18.0 Å². The Balaban J connectivity index is 2.34. The van der Waals surface area contributed by atoms with E-state index in [2.05, 4.69) is 22.4 Å². The monoisotopic (exact) mass is 221 g/mol. The van der Waals surface area contributed by atoms with Gasteiger partial charge in [-0.2, -0.15) is 5.10 Å². The molecule has 0 atom stereocenters. The molecule has 0 unspecified atom stereocenters. The van der Waals surface area contributed by atoms with E-state index in [-0.39, 0.29) is 6.54 Å². The highest BCUT2D eigenvalue weighted by Crippen LogP contribution is 1.94. The SMILES string of the molecule is C=CCNC(=O)C(=O)NN=Cc1ccco1. The van der Waals surface area contributed by atoms with Crippen molar-refractivity contribution in [2.75, 3.05) is 6.54 Å². The number of carbonyl (C=O) groups is 2. The van der Waals surface area contributed by atoms with Crippen LogP contribution in [0.5, 0.6) is 0 Å². The number of hydrazone groups is 1. The number of nitrogens with zero attached hydrogens (tertiary/aromatic N) is 1. The highest BCUT2D eigenvalue weighted by Gasteiger charge is 2.10. The van der Waals surface area contributed by atoms with Gasteiger partial charge in [0.1, 0.15) is 5.76 Å². The Kier molecular flexibility index (Phi) is 4.52. The molecule has 0 saturated carbocycles. The normalized spacial score (nSPS) is 10.0. The molecule has 1 rings (SSSR count). The summed E-state index contributed by atoms with van der Waals surface area (Å²) in [7, 11) is 0. The lowest BCUT2D eigenvalue weighted by atomic mass is 10.5. The van der Waals surface area contributed by atoms with Crippen LogP contribution >= 0.6 is 0 Å². The van der Waals surface area contributed by atoms with Gasteiger partial charge in [0, 0.05) is 6.54 Å². The van der Waals surface area contributed by atoms with Gasteiger partial charge in [-0.1, -0.05) is 6.08 Å². The summed E-state index contributed by atoms with van der Waals surface area (Å²) in [6.07, 6.45) is 4.23. The summed E-state index contributed by atoms with van der Waals surface area (Å²) in [6, 6.07) is 3.34. The summed E-state index contributed by atoms with van der Waals surface area (Å²) in [4.78, 5) is 22.1. The van der Waals surface area contributed by atoms with Crippen LogP contribution in [0.25, 0.3) is 0 Å². The van der Waals surface area contributed by atoms with Gasteiger partial charge in [-0.05, 0) is 12.1 Å². The topological polar surface area (TPSA) is 83.7 Å². The van der Waals surface area contributed by atoms with E-state index in [4.69, 9.17) is 4.42 Å². The molecule has 0 spiro atoms. The second kappa shape index (κ2) is 6.18. The molecule has 1 aromatic heterocycles. The molecule has 2 amide bonds. The average Bonchev–Trinajstić information content (AvgIpc) is 2.78. The van der Waals surface area contributed by atoms with Gasteiger partial charge in [0.15, 0.2) is 0 Å². The third-order valence-electron chi connectivity index (χ3n) is 1.51. The Morgan fingerprint density at radius 3 is 2.94 bits per heavy atom. The minimum atomic E-state index is -0.843. The molecule has 2 N–H and O–H groups in total. The van der Waals surface area contributed by atoms with Crippen LogP contribution in [0, 0.1) is 0 Å². The molecule has 1 heterocycles. The first-order valence-electron chi connectivity index (χ1n) is 4.49. The molecule has 0 aromatic carbocycles. The lowest BCUT2D eigenvalue weighted by Crippen LogP contribution is -2.37. The predicted octanol–water partition coefficient (Wildman–Crippen LogP) is 0.0319. The van der Waals surface area contributed by atoms with Crippen molar-refractivity contribution in [3.63, 3.8) is 0 Å². The second-order valence-electron chi connectivity index (χ2n) is 2.71. The van der Waals surface area contributed by atoms with Crippen molar-refractivity contribution in [1.29, 1.82) is 0 Å². The fraction of sp³-hybridized carbons (Fsp3) is 0.100. The number of nitrogens with one attached hydrogen (secondary N) is 2. The summed E-state index contributed by atoms with van der Waals surface area (Å²) >= 11 is 0. The van der Waals surface area contributed by atoms with Gasteiger partial charge in [-0.3, -0.25) is 9.59 Å². The average molecular weight is 221 g/mol. The first-order valence-corrected chi connectivity index (χ1v) is 4.49. The van der Waals surface area contributed by atoms with Crippen molar-refractivity contribution in [3.8, 4) is 0 Å². The molecular weight excluding hydrogens is 210 g/mol. The molecule has 0 fully saturated rings. The van der Waals surface area contributed by atoms with Crippen LogP contribution < -0.4 is 10.7 Å². The van der Waals surface area contributed by atoms with E-state index in [1.54, 1.807) is 12.1 Å². The highest BCUT2D eigenvalue weighted by molar-refractivity contribution is 6.35. The van der Waals surface area contributed by atoms with E-state index < -0.39 is 11.8 Å². The van der Waals surface area contributed by atoms with Crippen molar-refractivity contribution < 1.29 is 14.0 Å². The van der Waals surface area contributed by atoms with Gasteiger partial charge in [0.2, 0.25) is 0 Å². The molecule has 6 heteroatoms. The Bertz CT molecular complexity index is 395. The number of hydrogen-bond acceptors (Lipinski definition) is 4. The second-order valence-corrected chi connectivity index (χ2v) is 2.71. The molecule has 0 saturated heterocycles. The quantitative estimate of drug-likeness (QED) is 0.325. The van der Waals surface area contributed by atoms with Crippen molar-refractivity contribution in [2.45, 2.75) is 0 Å². The van der Waals surface area contributed by atoms with E-state index in [1.165, 1.54) is 18.6 Å². The van der Waals surface area contributed by atoms with E-state index >= 15 is 0 Å². The molecule has 1 aromatic rings. The third-order valence-corrected chi connectivity index (χ3v) is 1.51. The number of carbonyl (C=O) groups excluding carboxylic acids is 2. The minimum absolute atomic E-state index is 0.230. The standard InChI is InChI=1S/C10H11N3O3/c1-2-5-11-9(14)10(15)13-12-7-8-4-3-6-16-8/h2-4,6-7H,1,5H2,(H,11,14)(H,13,15). The first-order chi connectivity index (χ1) is 7.74. The highest BCUT2D eigenvalue weighted by atomic mass is 16.3. The van der Waals surface area contributed by atoms with Gasteiger partial charge in [-0.25, -0.2) is 5.43 Å². The number of amides is 2. The Labute approximate surface area is 92.0 Å². The predicted molar refractivity (Wildman–Crippen MR) is 57.7 cm³/mol. The summed E-state index contributed by atoms with van der Waals surface area (Å²) in [6.45, 7) is 3.63. The van der Waals surface area contributed by atoms with E-state index in [9.17, 15) is 9.59 Å². The molecule has 0 radical (unpaired) electrons. The smallest absolute Gasteiger partial charge is 0.329 e. The largest absolute Gasteiger partial charge is 0.463 e. The summed E-state index contributed by atoms with van der Waals surface area (Å²) in [5.74, 6) is -1.13. The van der Waals surface area contributed by atoms with Crippen LogP contribution in [0.1, 0.15) is 5.76 Å². The zero-order chi connectivity index (χ0) is 11.8. The fourth-order valence-electron chi connectivity index (χ4n) is 0.815. The fourth-order valence-corrected chi connectivity index (χ4v) is 0.815. The Hall–Kier alpha value is -2.37. The maximum Gasteiger partial charge on any atom is 0.329 e. The van der Waals surface area contributed by atoms with Crippen LogP contribution in [0.15, 0.2) is 40.6 Å². The lowest BCUT2D eigenvalue weighted by molar-refractivity contribution is -0.139. The molecule has 0 aliphatic rings. The molecule has 0 aliphatic carbocycles. The van der Waals surface area contributed by atoms with Gasteiger partial charge in [0.05, 0.1) is 12.5 Å². The maximum atomic E-state index is 11.1. The number of hydrogen-bond donors (Lipinski definition) is 2. The maximum absolute atomic E-state index is 11.1. The van der Waals surface area contributed by atoms with Gasteiger partial charge in [-0.15, -0.1) is 6.58 Å². The number of rotatable bonds is 4. The Morgan fingerprint density at radius 2 is 2.31 bits per heavy atom. The molecule has 0 bridgehead atoms. The van der Waals surface area contributed by atoms with Crippen LogP contribution in [0.2, 0.25) is 0 Å². The van der Waals surface area contributed by atoms with Crippen molar-refractivity contribution in [1.82, 2.24) is 10.7 Å². The molecular formula is C10H11N3O3. The van der Waals surface area contributed by atoms with E-state index in [0.29, 0.717) is 5.76 Å². The molecule has 6 nitrogen and oxygen atoms in total. The van der Waals surface area contributed by atoms with E-state index in [1.807, 2.05) is 0 Å². The van der Waals surface area contributed by atoms with Crippen LogP contribution in [-0.2, 0) is 9.59 Å². The van der Waals surface area contributed by atoms with Crippen molar-refractivity contribution in [3.05, 3.63) is 36.8 Å². The van der Waals surface area contributed by atoms with Crippen LogP contribution in [0.4, 0.5) is 0 Å². The van der Waals surface area contributed by atoms with Crippen molar-refractivity contribution in [2.24, 2.45) is 5.10 Å². The van der Waals surface area contributed by atoms with Gasteiger partial charge in [0.25, 0.3) is 0 Å². The van der Waals surface area contributed by atoms with E-state index in [0.717, 1.165) is 0 Å². The zero-order valence-electron chi connectivity index (χ0n) is 8.47. The third kappa shape index (κ3) is 3.79. The lowest BCUT2D eigenvalue weighted by Gasteiger charge is -1.99. The minimum Gasteiger partial charge on any atom is -0.463 e. The van der Waals surface area contributed by atoms with Crippen LogP contribution in [-0.4, -0.2) is 24.6 Å². The number of furan rings is 1. The van der Waals surface area contributed by atoms with Crippen LogP contribution in [0.3, 0.4) is 0 Å². The molecule has 84 valence electrons. The Morgan fingerprint density at radius 1 is 1.50 bits per heavy atom. The summed E-state index contributed by atoms with van der Waals surface area (Å²) in [5, 5.41) is 5.85.